The number of anilines is 1. The fourth-order valence-electron chi connectivity index (χ4n) is 2.56. The Labute approximate surface area is 131 Å². The molecule has 2 aromatic carbocycles. The predicted molar refractivity (Wildman–Crippen MR) is 81.0 cm³/mol. The van der Waals surface area contributed by atoms with Crippen LogP contribution in [0, 0.1) is 11.6 Å². The molecular weight excluding hydrogens is 302 g/mol. The molecule has 6 heteroatoms. The molecule has 1 fully saturated rings. The average molecular weight is 316 g/mol. The third kappa shape index (κ3) is 3.21. The molecule has 1 atom stereocenters. The van der Waals surface area contributed by atoms with E-state index in [0.29, 0.717) is 18.7 Å². The molecule has 1 N–H and O–H groups in total. The summed E-state index contributed by atoms with van der Waals surface area (Å²) >= 11 is 0. The van der Waals surface area contributed by atoms with E-state index in [-0.39, 0.29) is 17.3 Å². The number of nitrogens with one attached hydrogen (secondary N) is 1. The molecule has 0 spiro atoms. The summed E-state index contributed by atoms with van der Waals surface area (Å²) in [4.78, 5) is 26.0. The van der Waals surface area contributed by atoms with Gasteiger partial charge in [0, 0.05) is 17.8 Å². The lowest BCUT2D eigenvalue weighted by Crippen LogP contribution is -2.41. The fraction of sp³-hybridized carbons (Fsp3) is 0.176. The summed E-state index contributed by atoms with van der Waals surface area (Å²) in [6.45, 7) is 0.429. The lowest BCUT2D eigenvalue weighted by Gasteiger charge is -2.17. The van der Waals surface area contributed by atoms with Gasteiger partial charge in [-0.3, -0.25) is 9.59 Å². The van der Waals surface area contributed by atoms with E-state index in [4.69, 9.17) is 0 Å². The number of benzene rings is 2. The number of halogens is 2. The van der Waals surface area contributed by atoms with Gasteiger partial charge in [-0.2, -0.15) is 0 Å². The van der Waals surface area contributed by atoms with Crippen LogP contribution in [0.3, 0.4) is 0 Å². The van der Waals surface area contributed by atoms with Crippen LogP contribution in [-0.2, 0) is 4.79 Å². The number of carbonyl (C=O) groups is 2. The smallest absolute Gasteiger partial charge is 0.252 e. The Morgan fingerprint density at radius 1 is 1.09 bits per heavy atom. The van der Waals surface area contributed by atoms with Gasteiger partial charge in [-0.1, -0.05) is 6.07 Å². The number of rotatable bonds is 3. The second kappa shape index (κ2) is 6.16. The van der Waals surface area contributed by atoms with Crippen molar-refractivity contribution in [2.75, 3.05) is 11.4 Å². The molecule has 4 nitrogen and oxygen atoms in total. The van der Waals surface area contributed by atoms with Gasteiger partial charge in [0.05, 0.1) is 0 Å². The molecule has 0 radical (unpaired) electrons. The molecular formula is C17H14F2N2O2. The maximum atomic E-state index is 13.1. The van der Waals surface area contributed by atoms with E-state index in [1.165, 1.54) is 47.4 Å². The van der Waals surface area contributed by atoms with Gasteiger partial charge in [0.25, 0.3) is 5.91 Å². The molecule has 0 aromatic heterocycles. The van der Waals surface area contributed by atoms with Crippen molar-refractivity contribution >= 4 is 17.5 Å². The number of carbonyl (C=O) groups excluding carboxylic acids is 2. The van der Waals surface area contributed by atoms with Gasteiger partial charge in [-0.25, -0.2) is 8.78 Å². The van der Waals surface area contributed by atoms with Gasteiger partial charge < -0.3 is 10.2 Å². The quantitative estimate of drug-likeness (QED) is 0.946. The van der Waals surface area contributed by atoms with Crippen LogP contribution >= 0.6 is 0 Å². The van der Waals surface area contributed by atoms with Crippen LogP contribution in [0.25, 0.3) is 0 Å². The van der Waals surface area contributed by atoms with Gasteiger partial charge in [0.15, 0.2) is 0 Å². The minimum atomic E-state index is -0.671. The van der Waals surface area contributed by atoms with Crippen molar-refractivity contribution in [1.29, 1.82) is 0 Å². The lowest BCUT2D eigenvalue weighted by atomic mass is 10.2. The van der Waals surface area contributed by atoms with Crippen molar-refractivity contribution in [3.63, 3.8) is 0 Å². The van der Waals surface area contributed by atoms with Crippen LogP contribution in [0.2, 0.25) is 0 Å². The van der Waals surface area contributed by atoms with E-state index in [1.807, 2.05) is 0 Å². The molecule has 1 aliphatic rings. The number of hydrogen-bond donors (Lipinski definition) is 1. The SMILES string of the molecule is O=C(N[C@H]1CCN(c2ccc(F)cc2)C1=O)c1cccc(F)c1. The molecule has 2 amide bonds. The highest BCUT2D eigenvalue weighted by molar-refractivity contribution is 6.03. The topological polar surface area (TPSA) is 49.4 Å². The summed E-state index contributed by atoms with van der Waals surface area (Å²) in [5.74, 6) is -1.65. The van der Waals surface area contributed by atoms with Crippen LogP contribution < -0.4 is 10.2 Å². The molecule has 1 aliphatic heterocycles. The number of amides is 2. The van der Waals surface area contributed by atoms with E-state index in [2.05, 4.69) is 5.32 Å². The molecule has 0 saturated carbocycles. The zero-order valence-corrected chi connectivity index (χ0v) is 12.1. The largest absolute Gasteiger partial charge is 0.340 e. The second-order valence-corrected chi connectivity index (χ2v) is 5.29. The molecule has 0 unspecified atom stereocenters. The summed E-state index contributed by atoms with van der Waals surface area (Å²) < 4.78 is 26.1. The minimum Gasteiger partial charge on any atom is -0.340 e. The monoisotopic (exact) mass is 316 g/mol. The first-order valence-corrected chi connectivity index (χ1v) is 7.18. The molecule has 23 heavy (non-hydrogen) atoms. The van der Waals surface area contributed by atoms with Gasteiger partial charge >= 0.3 is 0 Å². The summed E-state index contributed by atoms with van der Waals surface area (Å²) in [6.07, 6.45) is 0.442. The Morgan fingerprint density at radius 3 is 2.52 bits per heavy atom. The van der Waals surface area contributed by atoms with E-state index in [0.717, 1.165) is 6.07 Å². The van der Waals surface area contributed by atoms with Crippen LogP contribution in [-0.4, -0.2) is 24.4 Å². The summed E-state index contributed by atoms with van der Waals surface area (Å²) in [7, 11) is 0. The van der Waals surface area contributed by atoms with Crippen molar-refractivity contribution in [3.8, 4) is 0 Å². The maximum absolute atomic E-state index is 13.1. The molecule has 0 bridgehead atoms. The lowest BCUT2D eigenvalue weighted by molar-refractivity contribution is -0.118. The van der Waals surface area contributed by atoms with Crippen LogP contribution in [0.4, 0.5) is 14.5 Å². The summed E-state index contributed by atoms with van der Waals surface area (Å²) in [5, 5.41) is 2.61. The maximum Gasteiger partial charge on any atom is 0.252 e. The Morgan fingerprint density at radius 2 is 1.83 bits per heavy atom. The first-order valence-electron chi connectivity index (χ1n) is 7.18. The third-order valence-corrected chi connectivity index (χ3v) is 3.74. The van der Waals surface area contributed by atoms with Crippen molar-refractivity contribution < 1.29 is 18.4 Å². The highest BCUT2D eigenvalue weighted by Gasteiger charge is 2.33. The Kier molecular flexibility index (Phi) is 4.06. The molecule has 1 heterocycles. The normalized spacial score (nSPS) is 17.4. The summed E-state index contributed by atoms with van der Waals surface area (Å²) in [6, 6.07) is 10.2. The molecule has 3 rings (SSSR count). The first-order chi connectivity index (χ1) is 11.0. The first kappa shape index (κ1) is 15.1. The Hall–Kier alpha value is -2.76. The molecule has 118 valence electrons. The number of nitrogens with zero attached hydrogens (tertiary/aromatic N) is 1. The Balaban J connectivity index is 1.69. The molecule has 2 aromatic rings. The average Bonchev–Trinajstić information content (AvgIpc) is 2.89. The zero-order valence-electron chi connectivity index (χ0n) is 12.1. The van der Waals surface area contributed by atoms with Gasteiger partial charge in [-0.05, 0) is 48.9 Å². The van der Waals surface area contributed by atoms with Gasteiger partial charge in [0.1, 0.15) is 17.7 Å². The highest BCUT2D eigenvalue weighted by Crippen LogP contribution is 2.22. The summed E-state index contributed by atoms with van der Waals surface area (Å²) in [5.41, 5.74) is 0.747. The van der Waals surface area contributed by atoms with Crippen molar-refractivity contribution in [2.45, 2.75) is 12.5 Å². The zero-order chi connectivity index (χ0) is 16.4. The van der Waals surface area contributed by atoms with E-state index in [9.17, 15) is 18.4 Å². The molecule has 1 saturated heterocycles. The predicted octanol–water partition coefficient (Wildman–Crippen LogP) is 2.50. The van der Waals surface area contributed by atoms with Crippen molar-refractivity contribution in [1.82, 2.24) is 5.32 Å². The number of hydrogen-bond acceptors (Lipinski definition) is 2. The third-order valence-electron chi connectivity index (χ3n) is 3.74. The minimum absolute atomic E-state index is 0.165. The highest BCUT2D eigenvalue weighted by atomic mass is 19.1. The van der Waals surface area contributed by atoms with Crippen molar-refractivity contribution in [2.24, 2.45) is 0 Å². The van der Waals surface area contributed by atoms with Gasteiger partial charge in [-0.15, -0.1) is 0 Å². The van der Waals surface area contributed by atoms with E-state index in [1.54, 1.807) is 0 Å². The van der Waals surface area contributed by atoms with Gasteiger partial charge in [0.2, 0.25) is 5.91 Å². The Bertz CT molecular complexity index is 747. The second-order valence-electron chi connectivity index (χ2n) is 5.29. The van der Waals surface area contributed by atoms with Crippen LogP contribution in [0.15, 0.2) is 48.5 Å². The molecule has 0 aliphatic carbocycles. The van der Waals surface area contributed by atoms with Crippen molar-refractivity contribution in [3.05, 3.63) is 65.7 Å². The standard InChI is InChI=1S/C17H14F2N2O2/c18-12-4-6-14(7-5-12)21-9-8-15(17(21)23)20-16(22)11-2-1-3-13(19)10-11/h1-7,10,15H,8-9H2,(H,20,22)/t15-/m0/s1. The van der Waals surface area contributed by atoms with E-state index < -0.39 is 17.8 Å². The van der Waals surface area contributed by atoms with Crippen LogP contribution in [0.5, 0.6) is 0 Å². The fourth-order valence-corrected chi connectivity index (χ4v) is 2.56. The van der Waals surface area contributed by atoms with E-state index >= 15 is 0 Å². The van der Waals surface area contributed by atoms with Crippen LogP contribution in [0.1, 0.15) is 16.8 Å².